The standard InChI is InChI=1S/C10H10F2O2/c1-7(13)6-8-4-2-3-5-9(8)14-10(11)12/h2-5,10H,6H2,1H3. The summed E-state index contributed by atoms with van der Waals surface area (Å²) < 4.78 is 28.1. The molecule has 0 amide bonds. The Labute approximate surface area is 80.5 Å². The number of ether oxygens (including phenoxy) is 1. The van der Waals surface area contributed by atoms with Crippen LogP contribution in [0.1, 0.15) is 12.5 Å². The third kappa shape index (κ3) is 3.12. The Morgan fingerprint density at radius 2 is 2.07 bits per heavy atom. The molecule has 14 heavy (non-hydrogen) atoms. The van der Waals surface area contributed by atoms with Crippen LogP contribution in [0.5, 0.6) is 5.75 Å². The smallest absolute Gasteiger partial charge is 0.387 e. The molecule has 0 bridgehead atoms. The quantitative estimate of drug-likeness (QED) is 0.746. The first kappa shape index (κ1) is 10.6. The predicted octanol–water partition coefficient (Wildman–Crippen LogP) is 2.42. The molecule has 4 heteroatoms. The zero-order chi connectivity index (χ0) is 10.6. The number of alkyl halides is 2. The largest absolute Gasteiger partial charge is 0.435 e. The third-order valence-electron chi connectivity index (χ3n) is 1.63. The van der Waals surface area contributed by atoms with Crippen molar-refractivity contribution < 1.29 is 18.3 Å². The number of ketones is 1. The SMILES string of the molecule is CC(=O)Cc1ccccc1OC(F)F. The Hall–Kier alpha value is -1.45. The van der Waals surface area contributed by atoms with Gasteiger partial charge in [-0.3, -0.25) is 4.79 Å². The van der Waals surface area contributed by atoms with E-state index in [9.17, 15) is 13.6 Å². The number of hydrogen-bond acceptors (Lipinski definition) is 2. The van der Waals surface area contributed by atoms with Gasteiger partial charge in [0, 0.05) is 12.0 Å². The van der Waals surface area contributed by atoms with Gasteiger partial charge in [-0.15, -0.1) is 0 Å². The van der Waals surface area contributed by atoms with Crippen molar-refractivity contribution in [2.24, 2.45) is 0 Å². The molecule has 1 aromatic carbocycles. The molecule has 0 aliphatic heterocycles. The lowest BCUT2D eigenvalue weighted by atomic mass is 10.1. The maximum Gasteiger partial charge on any atom is 0.387 e. The fourth-order valence-electron chi connectivity index (χ4n) is 1.13. The van der Waals surface area contributed by atoms with Crippen LogP contribution in [0.3, 0.4) is 0 Å². The van der Waals surface area contributed by atoms with E-state index in [2.05, 4.69) is 4.74 Å². The molecule has 0 aliphatic rings. The van der Waals surface area contributed by atoms with Crippen LogP contribution in [0.25, 0.3) is 0 Å². The molecule has 0 saturated carbocycles. The molecule has 0 N–H and O–H groups in total. The molecule has 1 rings (SSSR count). The highest BCUT2D eigenvalue weighted by Crippen LogP contribution is 2.20. The molecule has 0 heterocycles. The van der Waals surface area contributed by atoms with Gasteiger partial charge in [0.2, 0.25) is 0 Å². The summed E-state index contributed by atoms with van der Waals surface area (Å²) in [5, 5.41) is 0. The van der Waals surface area contributed by atoms with Crippen molar-refractivity contribution >= 4 is 5.78 Å². The van der Waals surface area contributed by atoms with E-state index in [1.807, 2.05) is 0 Å². The van der Waals surface area contributed by atoms with Crippen molar-refractivity contribution in [3.8, 4) is 5.75 Å². The number of Topliss-reactive ketones (excluding diaryl/α,β-unsaturated/α-hetero) is 1. The van der Waals surface area contributed by atoms with Gasteiger partial charge in [-0.25, -0.2) is 0 Å². The number of halogens is 2. The van der Waals surface area contributed by atoms with Crippen LogP contribution in [0.2, 0.25) is 0 Å². The Morgan fingerprint density at radius 3 is 2.64 bits per heavy atom. The van der Waals surface area contributed by atoms with E-state index in [4.69, 9.17) is 0 Å². The van der Waals surface area contributed by atoms with Gasteiger partial charge in [0.1, 0.15) is 11.5 Å². The van der Waals surface area contributed by atoms with E-state index in [0.717, 1.165) is 0 Å². The highest BCUT2D eigenvalue weighted by molar-refractivity contribution is 5.78. The van der Waals surface area contributed by atoms with E-state index in [-0.39, 0.29) is 18.0 Å². The molecule has 2 nitrogen and oxygen atoms in total. The van der Waals surface area contributed by atoms with Crippen LogP contribution < -0.4 is 4.74 Å². The van der Waals surface area contributed by atoms with Crippen LogP contribution in [-0.2, 0) is 11.2 Å². The van der Waals surface area contributed by atoms with Crippen LogP contribution in [0.15, 0.2) is 24.3 Å². The van der Waals surface area contributed by atoms with Gasteiger partial charge in [0.05, 0.1) is 0 Å². The Balaban J connectivity index is 2.85. The van der Waals surface area contributed by atoms with Crippen molar-refractivity contribution in [1.29, 1.82) is 0 Å². The van der Waals surface area contributed by atoms with Gasteiger partial charge < -0.3 is 4.74 Å². The summed E-state index contributed by atoms with van der Waals surface area (Å²) in [6.45, 7) is -1.46. The average Bonchev–Trinajstić information content (AvgIpc) is 2.06. The molecule has 0 aromatic heterocycles. The summed E-state index contributed by atoms with van der Waals surface area (Å²) in [7, 11) is 0. The van der Waals surface area contributed by atoms with Crippen LogP contribution >= 0.6 is 0 Å². The van der Waals surface area contributed by atoms with Crippen molar-refractivity contribution in [1.82, 2.24) is 0 Å². The van der Waals surface area contributed by atoms with Crippen LogP contribution in [0.4, 0.5) is 8.78 Å². The highest BCUT2D eigenvalue weighted by atomic mass is 19.3. The first-order valence-electron chi connectivity index (χ1n) is 4.11. The number of benzene rings is 1. The van der Waals surface area contributed by atoms with Crippen LogP contribution in [0, 0.1) is 0 Å². The topological polar surface area (TPSA) is 26.3 Å². The summed E-state index contributed by atoms with van der Waals surface area (Å²) in [6, 6.07) is 6.28. The molecular formula is C10H10F2O2. The number of carbonyl (C=O) groups excluding carboxylic acids is 1. The van der Waals surface area contributed by atoms with Crippen LogP contribution in [-0.4, -0.2) is 12.4 Å². The van der Waals surface area contributed by atoms with E-state index in [1.54, 1.807) is 18.2 Å². The van der Waals surface area contributed by atoms with Crippen molar-refractivity contribution in [3.63, 3.8) is 0 Å². The molecule has 0 atom stereocenters. The zero-order valence-electron chi connectivity index (χ0n) is 7.67. The Kier molecular flexibility index (Phi) is 3.56. The van der Waals surface area contributed by atoms with E-state index in [1.165, 1.54) is 13.0 Å². The van der Waals surface area contributed by atoms with Gasteiger partial charge in [0.15, 0.2) is 0 Å². The summed E-state index contributed by atoms with van der Waals surface area (Å²) in [4.78, 5) is 10.8. The molecule has 0 saturated heterocycles. The summed E-state index contributed by atoms with van der Waals surface area (Å²) in [5.74, 6) is -0.0204. The zero-order valence-corrected chi connectivity index (χ0v) is 7.67. The summed E-state index contributed by atoms with van der Waals surface area (Å²) >= 11 is 0. The second kappa shape index (κ2) is 4.69. The Bertz CT molecular complexity index is 324. The first-order chi connectivity index (χ1) is 6.59. The van der Waals surface area contributed by atoms with Crippen molar-refractivity contribution in [2.45, 2.75) is 20.0 Å². The van der Waals surface area contributed by atoms with E-state index in [0.29, 0.717) is 5.56 Å². The van der Waals surface area contributed by atoms with Gasteiger partial charge in [0.25, 0.3) is 0 Å². The van der Waals surface area contributed by atoms with Crippen molar-refractivity contribution in [3.05, 3.63) is 29.8 Å². The second-order valence-electron chi connectivity index (χ2n) is 2.87. The predicted molar refractivity (Wildman–Crippen MR) is 47.5 cm³/mol. The fraction of sp³-hybridized carbons (Fsp3) is 0.300. The normalized spacial score (nSPS) is 10.3. The van der Waals surface area contributed by atoms with Gasteiger partial charge in [-0.05, 0) is 13.0 Å². The molecule has 0 fully saturated rings. The number of hydrogen-bond donors (Lipinski definition) is 0. The second-order valence-corrected chi connectivity index (χ2v) is 2.87. The first-order valence-corrected chi connectivity index (χ1v) is 4.11. The minimum atomic E-state index is -2.86. The number of rotatable bonds is 4. The molecule has 1 aromatic rings. The summed E-state index contributed by atoms with van der Waals surface area (Å²) in [6.07, 6.45) is 0.114. The van der Waals surface area contributed by atoms with E-state index < -0.39 is 6.61 Å². The monoisotopic (exact) mass is 200 g/mol. The molecule has 0 aliphatic carbocycles. The van der Waals surface area contributed by atoms with Gasteiger partial charge in [-0.2, -0.15) is 8.78 Å². The molecule has 0 radical (unpaired) electrons. The highest BCUT2D eigenvalue weighted by Gasteiger charge is 2.09. The van der Waals surface area contributed by atoms with Crippen molar-refractivity contribution in [2.75, 3.05) is 0 Å². The maximum atomic E-state index is 11.9. The lowest BCUT2D eigenvalue weighted by Gasteiger charge is -2.08. The average molecular weight is 200 g/mol. The minimum Gasteiger partial charge on any atom is -0.435 e. The maximum absolute atomic E-state index is 11.9. The number of carbonyl (C=O) groups is 1. The minimum absolute atomic E-state index is 0.0673. The van der Waals surface area contributed by atoms with Gasteiger partial charge >= 0.3 is 6.61 Å². The third-order valence-corrected chi connectivity index (χ3v) is 1.63. The molecular weight excluding hydrogens is 190 g/mol. The summed E-state index contributed by atoms with van der Waals surface area (Å²) in [5.41, 5.74) is 0.486. The fourth-order valence-corrected chi connectivity index (χ4v) is 1.13. The molecule has 0 unspecified atom stereocenters. The number of para-hydroxylation sites is 1. The van der Waals surface area contributed by atoms with Gasteiger partial charge in [-0.1, -0.05) is 18.2 Å². The molecule has 0 spiro atoms. The lowest BCUT2D eigenvalue weighted by molar-refractivity contribution is -0.116. The van der Waals surface area contributed by atoms with E-state index >= 15 is 0 Å². The molecule has 76 valence electrons. The lowest BCUT2D eigenvalue weighted by Crippen LogP contribution is -2.06. The Morgan fingerprint density at radius 1 is 1.43 bits per heavy atom.